The number of carbonyl (C=O) groups is 2. The maximum absolute atomic E-state index is 11.5. The number of carbonyl (C=O) groups excluding carboxylic acids is 2. The molecule has 50 heavy (non-hydrogen) atoms. The summed E-state index contributed by atoms with van der Waals surface area (Å²) in [7, 11) is 1.60. The maximum atomic E-state index is 11.5. The van der Waals surface area contributed by atoms with Crippen LogP contribution in [0.15, 0.2) is 66.9 Å². The van der Waals surface area contributed by atoms with E-state index in [2.05, 4.69) is 21.3 Å². The second-order valence-corrected chi connectivity index (χ2v) is 13.7. The van der Waals surface area contributed by atoms with Crippen LogP contribution in [0.25, 0.3) is 39.2 Å². The fourth-order valence-corrected chi connectivity index (χ4v) is 7.50. The number of pyridine rings is 2. The SMILES string of the molecule is COc1nc(-c2cccc(-c3cccc(-c4ccn5c(Cl)c(CNCC6CCC(=O)N6)nc5c4)c3Cl)c2Cl)ccc1CNCC1CCC(=O)N1. The molecule has 13 heteroatoms. The standard InChI is InChI=1S/C37H36Cl3N7O3/c1-50-37-22(17-41-18-23-9-12-32(48)43-23)8-11-29(46-37)28-7-3-6-27(35(28)39)26-5-2-4-25(34(26)38)21-14-15-47-31(16-21)45-30(36(47)40)20-42-19-24-10-13-33(49)44-24/h2-8,11,14-16,23-24,41-42H,9-10,12-13,17-20H2,1H3,(H,43,48)(H,44,49). The number of nitrogens with one attached hydrogen (secondary N) is 4. The van der Waals surface area contributed by atoms with Crippen molar-refractivity contribution in [3.05, 3.63) is 93.3 Å². The average Bonchev–Trinajstić information content (AvgIpc) is 3.82. The minimum Gasteiger partial charge on any atom is -0.481 e. The Morgan fingerprint density at radius 1 is 0.800 bits per heavy atom. The third-order valence-corrected chi connectivity index (χ3v) is 10.4. The Morgan fingerprint density at radius 3 is 2.06 bits per heavy atom. The van der Waals surface area contributed by atoms with Gasteiger partial charge >= 0.3 is 0 Å². The van der Waals surface area contributed by atoms with Crippen molar-refractivity contribution >= 4 is 52.3 Å². The molecule has 2 aliphatic heterocycles. The van der Waals surface area contributed by atoms with Gasteiger partial charge in [0.15, 0.2) is 0 Å². The molecule has 0 bridgehead atoms. The van der Waals surface area contributed by atoms with Gasteiger partial charge in [-0.3, -0.25) is 14.0 Å². The summed E-state index contributed by atoms with van der Waals surface area (Å²) < 4.78 is 7.49. The minimum absolute atomic E-state index is 0.0916. The van der Waals surface area contributed by atoms with E-state index >= 15 is 0 Å². The number of halogens is 3. The summed E-state index contributed by atoms with van der Waals surface area (Å²) in [5.41, 5.74) is 7.03. The van der Waals surface area contributed by atoms with E-state index in [4.69, 9.17) is 49.5 Å². The topological polar surface area (TPSA) is 122 Å². The van der Waals surface area contributed by atoms with E-state index in [-0.39, 0.29) is 23.9 Å². The van der Waals surface area contributed by atoms with Gasteiger partial charge in [-0.2, -0.15) is 0 Å². The molecule has 2 aromatic carbocycles. The van der Waals surface area contributed by atoms with Crippen molar-refractivity contribution in [1.29, 1.82) is 0 Å². The van der Waals surface area contributed by atoms with Gasteiger partial charge < -0.3 is 26.0 Å². The lowest BCUT2D eigenvalue weighted by Crippen LogP contribution is -2.35. The Hall–Kier alpha value is -4.19. The quantitative estimate of drug-likeness (QED) is 0.117. The molecular weight excluding hydrogens is 697 g/mol. The molecule has 0 radical (unpaired) electrons. The molecule has 2 amide bonds. The Kier molecular flexibility index (Phi) is 10.3. The first-order chi connectivity index (χ1) is 24.3. The number of hydrogen-bond acceptors (Lipinski definition) is 7. The maximum Gasteiger partial charge on any atom is 0.220 e. The smallest absolute Gasteiger partial charge is 0.220 e. The normalized spacial score (nSPS) is 17.4. The molecule has 0 spiro atoms. The van der Waals surface area contributed by atoms with Crippen LogP contribution >= 0.6 is 34.8 Å². The van der Waals surface area contributed by atoms with E-state index in [9.17, 15) is 9.59 Å². The Morgan fingerprint density at radius 2 is 1.42 bits per heavy atom. The van der Waals surface area contributed by atoms with Crippen molar-refractivity contribution in [2.24, 2.45) is 0 Å². The Bertz CT molecular complexity index is 2090. The second-order valence-electron chi connectivity index (χ2n) is 12.6. The summed E-state index contributed by atoms with van der Waals surface area (Å²) in [6.45, 7) is 2.36. The highest BCUT2D eigenvalue weighted by atomic mass is 35.5. The van der Waals surface area contributed by atoms with Crippen molar-refractivity contribution in [2.45, 2.75) is 50.9 Å². The van der Waals surface area contributed by atoms with Gasteiger partial charge in [-0.15, -0.1) is 0 Å². The summed E-state index contributed by atoms with van der Waals surface area (Å²) in [4.78, 5) is 32.6. The third-order valence-electron chi connectivity index (χ3n) is 9.20. The second kappa shape index (κ2) is 15.0. The van der Waals surface area contributed by atoms with Crippen LogP contribution in [0.3, 0.4) is 0 Å². The number of methoxy groups -OCH3 is 1. The van der Waals surface area contributed by atoms with E-state index in [1.807, 2.05) is 71.3 Å². The number of imidazole rings is 1. The van der Waals surface area contributed by atoms with Crippen LogP contribution in [0, 0.1) is 0 Å². The highest BCUT2D eigenvalue weighted by molar-refractivity contribution is 6.39. The van der Waals surface area contributed by atoms with Gasteiger partial charge in [-0.1, -0.05) is 77.3 Å². The van der Waals surface area contributed by atoms with E-state index in [0.717, 1.165) is 51.9 Å². The number of amides is 2. The number of ether oxygens (including phenoxy) is 1. The zero-order valence-electron chi connectivity index (χ0n) is 27.4. The van der Waals surface area contributed by atoms with Crippen molar-refractivity contribution in [3.8, 4) is 39.4 Å². The van der Waals surface area contributed by atoms with Crippen LogP contribution < -0.4 is 26.0 Å². The summed E-state index contributed by atoms with van der Waals surface area (Å²) in [5, 5.41) is 14.3. The zero-order valence-corrected chi connectivity index (χ0v) is 29.6. The molecule has 7 rings (SSSR count). The molecule has 0 saturated carbocycles. The van der Waals surface area contributed by atoms with E-state index < -0.39 is 0 Å². The fourth-order valence-electron chi connectivity index (χ4n) is 6.58. The molecular formula is C37H36Cl3N7O3. The first-order valence-corrected chi connectivity index (χ1v) is 17.7. The molecule has 10 nitrogen and oxygen atoms in total. The van der Waals surface area contributed by atoms with Crippen molar-refractivity contribution in [1.82, 2.24) is 35.6 Å². The molecule has 2 aliphatic rings. The van der Waals surface area contributed by atoms with Crippen molar-refractivity contribution in [2.75, 3.05) is 20.2 Å². The molecule has 5 aromatic rings. The predicted octanol–water partition coefficient (Wildman–Crippen LogP) is 6.44. The van der Waals surface area contributed by atoms with Crippen LogP contribution in [0.4, 0.5) is 0 Å². The third kappa shape index (κ3) is 7.17. The molecule has 2 atom stereocenters. The zero-order chi connectivity index (χ0) is 34.8. The Balaban J connectivity index is 1.10. The predicted molar refractivity (Wildman–Crippen MR) is 197 cm³/mol. The van der Waals surface area contributed by atoms with Crippen LogP contribution in [0.5, 0.6) is 5.88 Å². The molecule has 2 fully saturated rings. The van der Waals surface area contributed by atoms with E-state index in [1.165, 1.54) is 0 Å². The number of fused-ring (bicyclic) bond motifs is 1. The van der Waals surface area contributed by atoms with Gasteiger partial charge in [0.05, 0.1) is 28.5 Å². The van der Waals surface area contributed by atoms with Crippen molar-refractivity contribution < 1.29 is 14.3 Å². The lowest BCUT2D eigenvalue weighted by Gasteiger charge is -2.16. The lowest BCUT2D eigenvalue weighted by molar-refractivity contribution is -0.120. The summed E-state index contributed by atoms with van der Waals surface area (Å²) in [5.74, 6) is 0.692. The van der Waals surface area contributed by atoms with Crippen LogP contribution in [0.2, 0.25) is 15.2 Å². The lowest BCUT2D eigenvalue weighted by atomic mass is 9.97. The van der Waals surface area contributed by atoms with Gasteiger partial charge in [-0.25, -0.2) is 9.97 Å². The van der Waals surface area contributed by atoms with Crippen LogP contribution in [-0.2, 0) is 22.7 Å². The summed E-state index contributed by atoms with van der Waals surface area (Å²) in [6, 6.07) is 19.8. The first kappa shape index (κ1) is 34.3. The molecule has 4 N–H and O–H groups in total. The molecule has 2 unspecified atom stereocenters. The number of hydrogen-bond donors (Lipinski definition) is 4. The number of rotatable bonds is 12. The number of aromatic nitrogens is 3. The van der Waals surface area contributed by atoms with Gasteiger partial charge in [0.25, 0.3) is 0 Å². The van der Waals surface area contributed by atoms with Crippen LogP contribution in [0.1, 0.15) is 36.9 Å². The van der Waals surface area contributed by atoms with Gasteiger partial charge in [0.2, 0.25) is 17.7 Å². The van der Waals surface area contributed by atoms with Crippen LogP contribution in [-0.4, -0.2) is 58.5 Å². The molecule has 258 valence electrons. The molecule has 5 heterocycles. The van der Waals surface area contributed by atoms with Gasteiger partial charge in [0, 0.05) is 85.1 Å². The molecule has 3 aromatic heterocycles. The fraction of sp³-hybridized carbons (Fsp3) is 0.297. The molecule has 0 aliphatic carbocycles. The van der Waals surface area contributed by atoms with Gasteiger partial charge in [0.1, 0.15) is 10.8 Å². The average molecular weight is 733 g/mol. The molecule has 2 saturated heterocycles. The highest BCUT2D eigenvalue weighted by Gasteiger charge is 2.22. The van der Waals surface area contributed by atoms with E-state index in [1.54, 1.807) is 7.11 Å². The number of nitrogens with zero attached hydrogens (tertiary/aromatic N) is 3. The van der Waals surface area contributed by atoms with Crippen molar-refractivity contribution in [3.63, 3.8) is 0 Å². The van der Waals surface area contributed by atoms with E-state index in [0.29, 0.717) is 71.4 Å². The minimum atomic E-state index is 0.0916. The summed E-state index contributed by atoms with van der Waals surface area (Å²) in [6.07, 6.45) is 4.69. The Labute approximate surface area is 304 Å². The van der Waals surface area contributed by atoms with Gasteiger partial charge in [-0.05, 0) is 36.6 Å². The number of benzene rings is 2. The first-order valence-electron chi connectivity index (χ1n) is 16.6. The largest absolute Gasteiger partial charge is 0.481 e. The summed E-state index contributed by atoms with van der Waals surface area (Å²) >= 11 is 20.9. The highest BCUT2D eigenvalue weighted by Crippen LogP contribution is 2.42. The monoisotopic (exact) mass is 731 g/mol.